The SMILES string of the molecule is CN(C(=O)c1cnn(C23CCC(C(=O)O)(CC2)CC3)c1C(F)(F)F)C1CC2[C@@H](C1)C2(C)C. The van der Waals surface area contributed by atoms with Gasteiger partial charge in [0.15, 0.2) is 5.69 Å². The Labute approximate surface area is 185 Å². The Hall–Kier alpha value is -2.06. The summed E-state index contributed by atoms with van der Waals surface area (Å²) in [6.07, 6.45) is 0.000282. The summed E-state index contributed by atoms with van der Waals surface area (Å²) >= 11 is 0. The number of carboxylic acids is 1. The van der Waals surface area contributed by atoms with Crippen molar-refractivity contribution < 1.29 is 27.9 Å². The predicted molar refractivity (Wildman–Crippen MR) is 109 cm³/mol. The van der Waals surface area contributed by atoms with E-state index in [-0.39, 0.29) is 11.5 Å². The lowest BCUT2D eigenvalue weighted by molar-refractivity contribution is -0.163. The van der Waals surface area contributed by atoms with E-state index in [9.17, 15) is 27.9 Å². The Balaban J connectivity index is 1.43. The zero-order chi connectivity index (χ0) is 23.3. The number of rotatable bonds is 4. The molecule has 5 aliphatic rings. The summed E-state index contributed by atoms with van der Waals surface area (Å²) in [6, 6.07) is -0.0475. The maximum absolute atomic E-state index is 14.3. The summed E-state index contributed by atoms with van der Waals surface area (Å²) in [4.78, 5) is 26.4. The molecule has 5 aliphatic carbocycles. The Morgan fingerprint density at radius 3 is 2.09 bits per heavy atom. The highest BCUT2D eigenvalue weighted by molar-refractivity contribution is 5.95. The van der Waals surface area contributed by atoms with Crippen molar-refractivity contribution in [2.75, 3.05) is 7.05 Å². The normalized spacial score (nSPS) is 37.2. The van der Waals surface area contributed by atoms with E-state index in [0.29, 0.717) is 50.4 Å². The van der Waals surface area contributed by atoms with E-state index in [2.05, 4.69) is 18.9 Å². The molecule has 9 heteroatoms. The number of carbonyl (C=O) groups excluding carboxylic acids is 1. The van der Waals surface area contributed by atoms with Crippen LogP contribution < -0.4 is 0 Å². The fourth-order valence-corrected chi connectivity index (χ4v) is 7.09. The molecule has 2 bridgehead atoms. The van der Waals surface area contributed by atoms with Gasteiger partial charge in [-0.15, -0.1) is 0 Å². The van der Waals surface area contributed by atoms with Gasteiger partial charge in [0.2, 0.25) is 0 Å². The molecule has 0 spiro atoms. The third-order valence-electron chi connectivity index (χ3n) is 9.59. The van der Waals surface area contributed by atoms with Crippen LogP contribution in [0, 0.1) is 22.7 Å². The van der Waals surface area contributed by atoms with Gasteiger partial charge in [0.05, 0.1) is 22.7 Å². The van der Waals surface area contributed by atoms with E-state index in [0.717, 1.165) is 23.7 Å². The van der Waals surface area contributed by atoms with Crippen LogP contribution in [-0.4, -0.2) is 44.8 Å². The van der Waals surface area contributed by atoms with Crippen LogP contribution in [0.15, 0.2) is 6.20 Å². The Morgan fingerprint density at radius 2 is 1.62 bits per heavy atom. The van der Waals surface area contributed by atoms with E-state index in [1.54, 1.807) is 7.05 Å². The molecule has 1 amide bonds. The lowest BCUT2D eigenvalue weighted by Gasteiger charge is -2.51. The minimum atomic E-state index is -4.73. The van der Waals surface area contributed by atoms with E-state index in [1.807, 2.05) is 0 Å². The summed E-state index contributed by atoms with van der Waals surface area (Å²) in [5.74, 6) is -0.427. The van der Waals surface area contributed by atoms with Gasteiger partial charge in [0, 0.05) is 13.1 Å². The number of hydrogen-bond donors (Lipinski definition) is 1. The van der Waals surface area contributed by atoms with E-state index >= 15 is 0 Å². The molecule has 0 aromatic carbocycles. The van der Waals surface area contributed by atoms with Crippen molar-refractivity contribution in [1.82, 2.24) is 14.7 Å². The smallest absolute Gasteiger partial charge is 0.433 e. The average Bonchev–Trinajstić information content (AvgIpc) is 3.20. The lowest BCUT2D eigenvalue weighted by atomic mass is 9.57. The second kappa shape index (κ2) is 6.50. The first-order valence-electron chi connectivity index (χ1n) is 11.5. The van der Waals surface area contributed by atoms with Crippen LogP contribution in [0.2, 0.25) is 0 Å². The predicted octanol–water partition coefficient (Wildman–Crippen LogP) is 4.54. The summed E-state index contributed by atoms with van der Waals surface area (Å²) in [5, 5.41) is 13.7. The van der Waals surface area contributed by atoms with Crippen LogP contribution in [0.3, 0.4) is 0 Å². The largest absolute Gasteiger partial charge is 0.481 e. The van der Waals surface area contributed by atoms with Crippen molar-refractivity contribution in [3.8, 4) is 0 Å². The molecule has 176 valence electrons. The summed E-state index contributed by atoms with van der Waals surface area (Å²) < 4.78 is 43.8. The molecule has 5 fully saturated rings. The quantitative estimate of drug-likeness (QED) is 0.726. The number of carboxylic acid groups (broad SMARTS) is 1. The molecule has 6 rings (SSSR count). The van der Waals surface area contributed by atoms with Crippen molar-refractivity contribution in [2.45, 2.75) is 83.0 Å². The number of alkyl halides is 3. The number of halogens is 3. The number of hydrogen-bond acceptors (Lipinski definition) is 3. The first kappa shape index (κ1) is 21.8. The third-order valence-corrected chi connectivity index (χ3v) is 9.59. The Bertz CT molecular complexity index is 944. The first-order valence-corrected chi connectivity index (χ1v) is 11.5. The standard InChI is InChI=1S/C23H30F3N3O3/c1-20(2)15-10-13(11-16(15)20)28(3)18(30)14-12-27-29(17(14)23(24,25)26)22-7-4-21(5-8-22,6-9-22)19(31)32/h12-13,15-16H,4-11H2,1-3H3,(H,31,32)/t13?,15-,16?,21?,22?/m1/s1. The van der Waals surface area contributed by atoms with E-state index in [1.165, 1.54) is 4.90 Å². The zero-order valence-electron chi connectivity index (χ0n) is 18.7. The van der Waals surface area contributed by atoms with Crippen LogP contribution in [-0.2, 0) is 16.5 Å². The lowest BCUT2D eigenvalue weighted by Crippen LogP contribution is -2.52. The maximum Gasteiger partial charge on any atom is 0.433 e. The molecule has 6 nitrogen and oxygen atoms in total. The van der Waals surface area contributed by atoms with E-state index in [4.69, 9.17) is 0 Å². The Morgan fingerprint density at radius 1 is 1.09 bits per heavy atom. The highest BCUT2D eigenvalue weighted by Gasteiger charge is 2.63. The number of nitrogens with zero attached hydrogens (tertiary/aromatic N) is 3. The second-order valence-electron chi connectivity index (χ2n) is 11.2. The maximum atomic E-state index is 14.3. The molecule has 0 saturated heterocycles. The van der Waals surface area contributed by atoms with Gasteiger partial charge in [-0.3, -0.25) is 14.3 Å². The van der Waals surface area contributed by atoms with E-state index < -0.39 is 40.3 Å². The minimum absolute atomic E-state index is 0.0475. The molecule has 1 N–H and O–H groups in total. The van der Waals surface area contributed by atoms with Crippen molar-refractivity contribution in [3.63, 3.8) is 0 Å². The van der Waals surface area contributed by atoms with Crippen LogP contribution in [0.4, 0.5) is 13.2 Å². The summed E-state index contributed by atoms with van der Waals surface area (Å²) in [6.45, 7) is 4.41. The number of carbonyl (C=O) groups is 2. The molecule has 1 aromatic heterocycles. The molecule has 5 saturated carbocycles. The third kappa shape index (κ3) is 2.88. The highest BCUT2D eigenvalue weighted by Crippen LogP contribution is 2.67. The molecule has 0 radical (unpaired) electrons. The molecule has 0 aliphatic heterocycles. The average molecular weight is 454 g/mol. The number of aliphatic carboxylic acids is 1. The molecule has 1 aromatic rings. The van der Waals surface area contributed by atoms with Gasteiger partial charge in [-0.2, -0.15) is 18.3 Å². The van der Waals surface area contributed by atoms with Crippen molar-refractivity contribution in [2.24, 2.45) is 22.7 Å². The first-order chi connectivity index (χ1) is 14.8. The van der Waals surface area contributed by atoms with Gasteiger partial charge in [0.1, 0.15) is 0 Å². The second-order valence-corrected chi connectivity index (χ2v) is 11.2. The highest BCUT2D eigenvalue weighted by atomic mass is 19.4. The zero-order valence-corrected chi connectivity index (χ0v) is 18.7. The summed E-state index contributed by atoms with van der Waals surface area (Å²) in [7, 11) is 1.60. The van der Waals surface area contributed by atoms with Crippen molar-refractivity contribution >= 4 is 11.9 Å². The number of fused-ring (bicyclic) bond motifs is 4. The van der Waals surface area contributed by atoms with Crippen molar-refractivity contribution in [3.05, 3.63) is 17.5 Å². The van der Waals surface area contributed by atoms with Gasteiger partial charge < -0.3 is 10.0 Å². The Kier molecular flexibility index (Phi) is 4.42. The van der Waals surface area contributed by atoms with Crippen LogP contribution in [0.5, 0.6) is 0 Å². The molecular weight excluding hydrogens is 423 g/mol. The molecule has 2 unspecified atom stereocenters. The monoisotopic (exact) mass is 453 g/mol. The van der Waals surface area contributed by atoms with Gasteiger partial charge >= 0.3 is 12.1 Å². The van der Waals surface area contributed by atoms with Crippen LogP contribution in [0.1, 0.15) is 81.3 Å². The topological polar surface area (TPSA) is 75.4 Å². The van der Waals surface area contributed by atoms with Gasteiger partial charge in [-0.1, -0.05) is 13.8 Å². The molecule has 3 atom stereocenters. The number of aromatic nitrogens is 2. The fraction of sp³-hybridized carbons (Fsp3) is 0.783. The fourth-order valence-electron chi connectivity index (χ4n) is 7.09. The van der Waals surface area contributed by atoms with Crippen LogP contribution in [0.25, 0.3) is 0 Å². The molecular formula is C23H30F3N3O3. The van der Waals surface area contributed by atoms with Crippen LogP contribution >= 0.6 is 0 Å². The summed E-state index contributed by atoms with van der Waals surface area (Å²) in [5.41, 5.74) is -2.81. The minimum Gasteiger partial charge on any atom is -0.481 e. The molecule has 32 heavy (non-hydrogen) atoms. The van der Waals surface area contributed by atoms with Crippen molar-refractivity contribution in [1.29, 1.82) is 0 Å². The molecule has 1 heterocycles. The van der Waals surface area contributed by atoms with Gasteiger partial charge in [-0.05, 0) is 68.6 Å². The van der Waals surface area contributed by atoms with Gasteiger partial charge in [-0.25, -0.2) is 0 Å². The van der Waals surface area contributed by atoms with Gasteiger partial charge in [0.25, 0.3) is 5.91 Å². The number of amides is 1.